The van der Waals surface area contributed by atoms with Crippen LogP contribution in [0.1, 0.15) is 38.2 Å². The molecule has 1 aromatic carbocycles. The Hall–Kier alpha value is -0.970. The van der Waals surface area contributed by atoms with Crippen LogP contribution in [-0.2, 0) is 11.3 Å². The maximum Gasteiger partial charge on any atom is 0.179 e. The van der Waals surface area contributed by atoms with E-state index in [-0.39, 0.29) is 0 Å². The van der Waals surface area contributed by atoms with Gasteiger partial charge in [0.05, 0.1) is 11.1 Å². The van der Waals surface area contributed by atoms with Crippen LogP contribution in [0.4, 0.5) is 0 Å². The summed E-state index contributed by atoms with van der Waals surface area (Å²) >= 11 is 6.35. The van der Waals surface area contributed by atoms with Gasteiger partial charge >= 0.3 is 0 Å². The third-order valence-electron chi connectivity index (χ3n) is 4.34. The normalized spacial score (nSPS) is 20.7. The van der Waals surface area contributed by atoms with E-state index in [1.165, 1.54) is 24.8 Å². The minimum atomic E-state index is 0.364. The molecule has 0 aliphatic carbocycles. The molecule has 0 bridgehead atoms. The van der Waals surface area contributed by atoms with E-state index >= 15 is 0 Å². The SMILES string of the molecule is CCCN(Cc1cc(Cl)c2c(c1)OCCO2)CC1CCCCO1. The molecular weight excluding hydrogens is 314 g/mol. The topological polar surface area (TPSA) is 30.9 Å². The summed E-state index contributed by atoms with van der Waals surface area (Å²) in [5.41, 5.74) is 1.17. The van der Waals surface area contributed by atoms with Crippen molar-refractivity contribution in [2.45, 2.75) is 45.3 Å². The van der Waals surface area contributed by atoms with Crippen LogP contribution in [0.3, 0.4) is 0 Å². The lowest BCUT2D eigenvalue weighted by Gasteiger charge is -2.30. The standard InChI is InChI=1S/C18H26ClNO3/c1-2-6-20(13-15-5-3-4-7-21-15)12-14-10-16(19)18-17(11-14)22-8-9-23-18/h10-11,15H,2-9,12-13H2,1H3. The molecule has 0 spiro atoms. The Morgan fingerprint density at radius 2 is 2.04 bits per heavy atom. The van der Waals surface area contributed by atoms with Gasteiger partial charge < -0.3 is 14.2 Å². The highest BCUT2D eigenvalue weighted by Crippen LogP contribution is 2.38. The monoisotopic (exact) mass is 339 g/mol. The second-order valence-corrected chi connectivity index (χ2v) is 6.73. The van der Waals surface area contributed by atoms with E-state index < -0.39 is 0 Å². The molecule has 2 heterocycles. The van der Waals surface area contributed by atoms with Gasteiger partial charge in [0.25, 0.3) is 0 Å². The Morgan fingerprint density at radius 1 is 1.17 bits per heavy atom. The molecule has 0 N–H and O–H groups in total. The third-order valence-corrected chi connectivity index (χ3v) is 4.62. The Labute approximate surface area is 143 Å². The van der Waals surface area contributed by atoms with Gasteiger partial charge in [-0.3, -0.25) is 4.90 Å². The molecule has 2 aliphatic heterocycles. The number of hydrogen-bond acceptors (Lipinski definition) is 4. The number of ether oxygens (including phenoxy) is 3. The highest BCUT2D eigenvalue weighted by molar-refractivity contribution is 6.32. The van der Waals surface area contributed by atoms with Crippen LogP contribution in [-0.4, -0.2) is 43.9 Å². The minimum Gasteiger partial charge on any atom is -0.486 e. The lowest BCUT2D eigenvalue weighted by atomic mass is 10.1. The molecule has 2 aliphatic rings. The minimum absolute atomic E-state index is 0.364. The van der Waals surface area contributed by atoms with Gasteiger partial charge in [-0.15, -0.1) is 0 Å². The number of hydrogen-bond donors (Lipinski definition) is 0. The van der Waals surface area contributed by atoms with Gasteiger partial charge in [0.15, 0.2) is 11.5 Å². The van der Waals surface area contributed by atoms with E-state index in [2.05, 4.69) is 17.9 Å². The van der Waals surface area contributed by atoms with Crippen LogP contribution in [0.25, 0.3) is 0 Å². The highest BCUT2D eigenvalue weighted by atomic mass is 35.5. The Bertz CT molecular complexity index is 517. The molecule has 23 heavy (non-hydrogen) atoms. The Kier molecular flexibility index (Phi) is 6.03. The first-order valence-electron chi connectivity index (χ1n) is 8.68. The summed E-state index contributed by atoms with van der Waals surface area (Å²) in [6.07, 6.45) is 5.14. The van der Waals surface area contributed by atoms with Crippen molar-refractivity contribution in [2.24, 2.45) is 0 Å². The lowest BCUT2D eigenvalue weighted by molar-refractivity contribution is -0.00715. The highest BCUT2D eigenvalue weighted by Gasteiger charge is 2.20. The maximum atomic E-state index is 6.35. The smallest absolute Gasteiger partial charge is 0.179 e. The van der Waals surface area contributed by atoms with Gasteiger partial charge in [-0.1, -0.05) is 18.5 Å². The van der Waals surface area contributed by atoms with E-state index in [4.69, 9.17) is 25.8 Å². The van der Waals surface area contributed by atoms with E-state index in [9.17, 15) is 0 Å². The fraction of sp³-hybridized carbons (Fsp3) is 0.667. The molecule has 0 radical (unpaired) electrons. The second kappa shape index (κ2) is 8.22. The van der Waals surface area contributed by atoms with Crippen molar-refractivity contribution < 1.29 is 14.2 Å². The van der Waals surface area contributed by atoms with Gasteiger partial charge in [0, 0.05) is 19.7 Å². The average molecular weight is 340 g/mol. The molecule has 3 rings (SSSR count). The van der Waals surface area contributed by atoms with Crippen molar-refractivity contribution in [3.8, 4) is 11.5 Å². The van der Waals surface area contributed by atoms with Gasteiger partial charge in [-0.2, -0.15) is 0 Å². The van der Waals surface area contributed by atoms with Crippen molar-refractivity contribution in [1.29, 1.82) is 0 Å². The maximum absolute atomic E-state index is 6.35. The van der Waals surface area contributed by atoms with E-state index in [1.807, 2.05) is 6.07 Å². The predicted octanol–water partition coefficient (Wildman–Crippen LogP) is 3.89. The molecule has 4 nitrogen and oxygen atoms in total. The molecule has 1 aromatic rings. The fourth-order valence-corrected chi connectivity index (χ4v) is 3.59. The molecule has 5 heteroatoms. The van der Waals surface area contributed by atoms with Gasteiger partial charge in [0.1, 0.15) is 13.2 Å². The molecule has 0 saturated carbocycles. The summed E-state index contributed by atoms with van der Waals surface area (Å²) in [5.74, 6) is 1.45. The Morgan fingerprint density at radius 3 is 2.83 bits per heavy atom. The van der Waals surface area contributed by atoms with Crippen molar-refractivity contribution in [3.05, 3.63) is 22.7 Å². The zero-order valence-corrected chi connectivity index (χ0v) is 14.6. The first-order chi connectivity index (χ1) is 11.3. The van der Waals surface area contributed by atoms with Crippen LogP contribution in [0, 0.1) is 0 Å². The van der Waals surface area contributed by atoms with E-state index in [0.29, 0.717) is 30.1 Å². The summed E-state index contributed by atoms with van der Waals surface area (Å²) in [5, 5.41) is 0.641. The predicted molar refractivity (Wildman–Crippen MR) is 91.6 cm³/mol. The van der Waals surface area contributed by atoms with Gasteiger partial charge in [0.2, 0.25) is 0 Å². The molecule has 1 unspecified atom stereocenters. The number of rotatable bonds is 6. The van der Waals surface area contributed by atoms with E-state index in [1.54, 1.807) is 0 Å². The van der Waals surface area contributed by atoms with Crippen molar-refractivity contribution in [3.63, 3.8) is 0 Å². The van der Waals surface area contributed by atoms with Crippen LogP contribution in [0.5, 0.6) is 11.5 Å². The number of nitrogens with zero attached hydrogens (tertiary/aromatic N) is 1. The summed E-state index contributed by atoms with van der Waals surface area (Å²) in [7, 11) is 0. The van der Waals surface area contributed by atoms with Crippen molar-refractivity contribution >= 4 is 11.6 Å². The van der Waals surface area contributed by atoms with Gasteiger partial charge in [-0.25, -0.2) is 0 Å². The first-order valence-corrected chi connectivity index (χ1v) is 9.06. The number of fused-ring (bicyclic) bond motifs is 1. The summed E-state index contributed by atoms with van der Waals surface area (Å²) < 4.78 is 17.2. The third kappa shape index (κ3) is 4.52. The summed E-state index contributed by atoms with van der Waals surface area (Å²) in [6.45, 7) is 7.18. The van der Waals surface area contributed by atoms with Crippen LogP contribution in [0.15, 0.2) is 12.1 Å². The zero-order chi connectivity index (χ0) is 16.1. The Balaban J connectivity index is 1.68. The van der Waals surface area contributed by atoms with Crippen molar-refractivity contribution in [2.75, 3.05) is 32.9 Å². The molecule has 0 aromatic heterocycles. The van der Waals surface area contributed by atoms with Crippen molar-refractivity contribution in [1.82, 2.24) is 4.90 Å². The second-order valence-electron chi connectivity index (χ2n) is 6.33. The molecular formula is C18H26ClNO3. The van der Waals surface area contributed by atoms with Crippen LogP contribution < -0.4 is 9.47 Å². The fourth-order valence-electron chi connectivity index (χ4n) is 3.30. The zero-order valence-electron chi connectivity index (χ0n) is 13.9. The molecule has 1 fully saturated rings. The largest absolute Gasteiger partial charge is 0.486 e. The molecule has 0 amide bonds. The summed E-state index contributed by atoms with van der Waals surface area (Å²) in [6, 6.07) is 4.06. The first kappa shape index (κ1) is 16.9. The molecule has 1 atom stereocenters. The average Bonchev–Trinajstić information content (AvgIpc) is 2.56. The van der Waals surface area contributed by atoms with E-state index in [0.717, 1.165) is 38.4 Å². The van der Waals surface area contributed by atoms with Crippen LogP contribution >= 0.6 is 11.6 Å². The molecule has 128 valence electrons. The quantitative estimate of drug-likeness (QED) is 0.786. The van der Waals surface area contributed by atoms with Crippen LogP contribution in [0.2, 0.25) is 5.02 Å². The van der Waals surface area contributed by atoms with Gasteiger partial charge in [-0.05, 0) is 49.9 Å². The summed E-state index contributed by atoms with van der Waals surface area (Å²) in [4.78, 5) is 2.46. The lowest BCUT2D eigenvalue weighted by Crippen LogP contribution is -2.36. The molecule has 1 saturated heterocycles. The number of benzene rings is 1. The number of halogens is 1.